The second kappa shape index (κ2) is 0.977. The van der Waals surface area contributed by atoms with Gasteiger partial charge in [-0.15, -0.1) is 0 Å². The molecule has 0 aromatic rings. The van der Waals surface area contributed by atoms with Crippen molar-refractivity contribution in [3.63, 3.8) is 0 Å². The van der Waals surface area contributed by atoms with Crippen LogP contribution >= 0.6 is 0 Å². The molecular weight excluding hydrogens is 62.1 g/mol. The van der Waals surface area contributed by atoms with E-state index in [9.17, 15) is 0 Å². The largest absolute Gasteiger partial charge is 0.239 e. The normalized spacial score (nSPS) is 36.6. The smallest absolute Gasteiger partial charge is 0.0230 e. The fourth-order valence-electron chi connectivity index (χ4n) is 0.387. The molecule has 1 fully saturated rings. The first-order valence-electron chi connectivity index (χ1n) is 2.06. The van der Waals surface area contributed by atoms with E-state index in [0.29, 0.717) is 6.04 Å². The molecule has 0 aromatic carbocycles. The molecule has 1 aliphatic heterocycles. The van der Waals surface area contributed by atoms with Crippen LogP contribution in [0.1, 0.15) is 13.3 Å². The molecule has 1 aliphatic rings. The van der Waals surface area contributed by atoms with E-state index in [1.54, 1.807) is 0 Å². The first-order chi connectivity index (χ1) is 2.39. The molecule has 0 saturated carbocycles. The van der Waals surface area contributed by atoms with Crippen molar-refractivity contribution in [1.29, 1.82) is 0 Å². The zero-order valence-corrected chi connectivity index (χ0v) is 3.44. The fourth-order valence-corrected chi connectivity index (χ4v) is 0.387. The van der Waals surface area contributed by atoms with Crippen molar-refractivity contribution in [2.24, 2.45) is 0 Å². The Morgan fingerprint density at radius 1 is 1.80 bits per heavy atom. The first kappa shape index (κ1) is 3.16. The van der Waals surface area contributed by atoms with Gasteiger partial charge < -0.3 is 0 Å². The standard InChI is InChI=1S/C4H8N/c1-4-2-3-5-4/h4H,2-3H2,1H3/t4-/m1/s1. The third-order valence-corrected chi connectivity index (χ3v) is 0.988. The lowest BCUT2D eigenvalue weighted by atomic mass is 10.1. The van der Waals surface area contributed by atoms with E-state index in [1.165, 1.54) is 6.42 Å². The second-order valence-electron chi connectivity index (χ2n) is 1.54. The molecule has 0 spiro atoms. The molecule has 1 nitrogen and oxygen atoms in total. The minimum absolute atomic E-state index is 0.690. The summed E-state index contributed by atoms with van der Waals surface area (Å²) in [7, 11) is 0. The third-order valence-electron chi connectivity index (χ3n) is 0.988. The van der Waals surface area contributed by atoms with Crippen molar-refractivity contribution in [2.45, 2.75) is 19.4 Å². The molecule has 1 heterocycles. The maximum Gasteiger partial charge on any atom is 0.0230 e. The van der Waals surface area contributed by atoms with Gasteiger partial charge >= 0.3 is 0 Å². The van der Waals surface area contributed by atoms with Crippen LogP contribution in [0.3, 0.4) is 0 Å². The van der Waals surface area contributed by atoms with Crippen LogP contribution < -0.4 is 5.32 Å². The summed E-state index contributed by atoms with van der Waals surface area (Å²) in [6, 6.07) is 0.690. The summed E-state index contributed by atoms with van der Waals surface area (Å²) >= 11 is 0. The number of hydrogen-bond donors (Lipinski definition) is 0. The summed E-state index contributed by atoms with van der Waals surface area (Å²) in [6.45, 7) is 3.25. The molecule has 29 valence electrons. The van der Waals surface area contributed by atoms with E-state index < -0.39 is 0 Å². The molecule has 0 unspecified atom stereocenters. The van der Waals surface area contributed by atoms with Crippen LogP contribution in [0.5, 0.6) is 0 Å². The van der Waals surface area contributed by atoms with Crippen molar-refractivity contribution in [3.8, 4) is 0 Å². The molecule has 1 atom stereocenters. The molecule has 1 radical (unpaired) electrons. The van der Waals surface area contributed by atoms with E-state index in [1.807, 2.05) is 0 Å². The summed E-state index contributed by atoms with van der Waals surface area (Å²) < 4.78 is 0. The maximum absolute atomic E-state index is 4.07. The van der Waals surface area contributed by atoms with Crippen LogP contribution in [0.2, 0.25) is 0 Å². The van der Waals surface area contributed by atoms with Crippen molar-refractivity contribution < 1.29 is 0 Å². The zero-order chi connectivity index (χ0) is 3.70. The summed E-state index contributed by atoms with van der Waals surface area (Å²) in [4.78, 5) is 0. The average molecular weight is 70.1 g/mol. The monoisotopic (exact) mass is 70.1 g/mol. The van der Waals surface area contributed by atoms with Gasteiger partial charge in [-0.1, -0.05) is 0 Å². The lowest BCUT2D eigenvalue weighted by molar-refractivity contribution is 0.388. The van der Waals surface area contributed by atoms with E-state index in [0.717, 1.165) is 6.54 Å². The molecule has 1 saturated heterocycles. The van der Waals surface area contributed by atoms with Crippen LogP contribution in [0.4, 0.5) is 0 Å². The molecule has 1 heteroatoms. The van der Waals surface area contributed by atoms with E-state index in [4.69, 9.17) is 0 Å². The van der Waals surface area contributed by atoms with E-state index in [-0.39, 0.29) is 0 Å². The highest BCUT2D eigenvalue weighted by molar-refractivity contribution is 4.69. The van der Waals surface area contributed by atoms with Gasteiger partial charge in [0.1, 0.15) is 0 Å². The van der Waals surface area contributed by atoms with E-state index >= 15 is 0 Å². The highest BCUT2D eigenvalue weighted by Gasteiger charge is 2.09. The van der Waals surface area contributed by atoms with E-state index in [2.05, 4.69) is 12.2 Å². The molecule has 0 amide bonds. The summed E-state index contributed by atoms with van der Waals surface area (Å²) in [5.74, 6) is 0. The van der Waals surface area contributed by atoms with Crippen molar-refractivity contribution >= 4 is 0 Å². The molecular formula is C4H8N. The Balaban J connectivity index is 2.08. The van der Waals surface area contributed by atoms with Crippen molar-refractivity contribution in [3.05, 3.63) is 0 Å². The summed E-state index contributed by atoms with van der Waals surface area (Å²) in [5, 5.41) is 4.07. The van der Waals surface area contributed by atoms with Gasteiger partial charge in [0.05, 0.1) is 0 Å². The summed E-state index contributed by atoms with van der Waals surface area (Å²) in [5.41, 5.74) is 0. The molecule has 0 aliphatic carbocycles. The van der Waals surface area contributed by atoms with Crippen LogP contribution in [0.25, 0.3) is 0 Å². The van der Waals surface area contributed by atoms with Crippen LogP contribution in [0.15, 0.2) is 0 Å². The Morgan fingerprint density at radius 3 is 2.20 bits per heavy atom. The van der Waals surface area contributed by atoms with Gasteiger partial charge in [-0.25, -0.2) is 5.32 Å². The third kappa shape index (κ3) is 0.428. The van der Waals surface area contributed by atoms with Crippen LogP contribution in [0, 0.1) is 0 Å². The Morgan fingerprint density at radius 2 is 2.20 bits per heavy atom. The molecule has 1 rings (SSSR count). The van der Waals surface area contributed by atoms with Gasteiger partial charge in [0, 0.05) is 12.6 Å². The number of rotatable bonds is 0. The summed E-state index contributed by atoms with van der Waals surface area (Å²) in [6.07, 6.45) is 1.32. The molecule has 0 N–H and O–H groups in total. The van der Waals surface area contributed by atoms with Gasteiger partial charge in [0.2, 0.25) is 0 Å². The first-order valence-corrected chi connectivity index (χ1v) is 2.06. The van der Waals surface area contributed by atoms with Crippen LogP contribution in [-0.2, 0) is 0 Å². The predicted octanol–water partition coefficient (Wildman–Crippen LogP) is 0.383. The SMILES string of the molecule is C[C@@H]1CC[N]1. The Kier molecular flexibility index (Phi) is 0.618. The zero-order valence-electron chi connectivity index (χ0n) is 3.44. The highest BCUT2D eigenvalue weighted by atomic mass is 15.0. The lowest BCUT2D eigenvalue weighted by Gasteiger charge is -2.19. The van der Waals surface area contributed by atoms with Gasteiger partial charge in [-0.05, 0) is 13.3 Å². The molecule has 0 bridgehead atoms. The van der Waals surface area contributed by atoms with Gasteiger partial charge in [0.25, 0.3) is 0 Å². The quantitative estimate of drug-likeness (QED) is 0.391. The topological polar surface area (TPSA) is 14.1 Å². The molecule has 0 aromatic heterocycles. The Bertz CT molecular complexity index is 30.6. The second-order valence-corrected chi connectivity index (χ2v) is 1.54. The van der Waals surface area contributed by atoms with Gasteiger partial charge in [-0.2, -0.15) is 0 Å². The minimum atomic E-state index is 0.690. The lowest BCUT2D eigenvalue weighted by Crippen LogP contribution is -2.32. The Labute approximate surface area is 32.4 Å². The van der Waals surface area contributed by atoms with Gasteiger partial charge in [-0.3, -0.25) is 0 Å². The minimum Gasteiger partial charge on any atom is -0.239 e. The van der Waals surface area contributed by atoms with Crippen molar-refractivity contribution in [1.82, 2.24) is 5.32 Å². The predicted molar refractivity (Wildman–Crippen MR) is 21.1 cm³/mol. The number of hydrogen-bond acceptors (Lipinski definition) is 0. The van der Waals surface area contributed by atoms with Crippen LogP contribution in [-0.4, -0.2) is 12.6 Å². The fraction of sp³-hybridized carbons (Fsp3) is 1.00. The Hall–Kier alpha value is -0.0400. The maximum atomic E-state index is 4.07. The molecule has 5 heavy (non-hydrogen) atoms. The average Bonchev–Trinajstić information content (AvgIpc) is 1.30. The van der Waals surface area contributed by atoms with Gasteiger partial charge in [0.15, 0.2) is 0 Å². The van der Waals surface area contributed by atoms with Crippen molar-refractivity contribution in [2.75, 3.05) is 6.54 Å². The highest BCUT2D eigenvalue weighted by Crippen LogP contribution is 2.00. The number of nitrogens with zero attached hydrogens (tertiary/aromatic N) is 1.